The highest BCUT2D eigenvalue weighted by Crippen LogP contribution is 2.32. The summed E-state index contributed by atoms with van der Waals surface area (Å²) in [4.78, 5) is 0. The maximum atomic E-state index is 2.44. The van der Waals surface area contributed by atoms with Gasteiger partial charge in [-0.2, -0.15) is 0 Å². The first-order valence-electron chi connectivity index (χ1n) is 7.26. The van der Waals surface area contributed by atoms with Crippen LogP contribution in [0.1, 0.15) is 78.6 Å². The number of rotatable bonds is 5. The van der Waals surface area contributed by atoms with Crippen molar-refractivity contribution in [3.63, 3.8) is 0 Å². The van der Waals surface area contributed by atoms with Gasteiger partial charge in [0.2, 0.25) is 0 Å². The second-order valence-corrected chi connectivity index (χ2v) is 5.78. The Balaban J connectivity index is 2.29. The highest BCUT2D eigenvalue weighted by atomic mass is 14.2. The van der Waals surface area contributed by atoms with Crippen molar-refractivity contribution in [2.75, 3.05) is 0 Å². The first kappa shape index (κ1) is 13.1. The Morgan fingerprint density at radius 2 is 1.87 bits per heavy atom. The summed E-state index contributed by atoms with van der Waals surface area (Å²) in [6.45, 7) is 7.14. The number of hydrogen-bond acceptors (Lipinski definition) is 0. The minimum Gasteiger partial charge on any atom is -0.0654 e. The van der Waals surface area contributed by atoms with Crippen LogP contribution in [0.15, 0.2) is 0 Å². The predicted octanol–water partition coefficient (Wildman–Crippen LogP) is 5.42. The standard InChI is InChI=1S/C15H30/c1-4-7-14(5-2)12-15-9-6-8-13(3)10-11-15/h13-15H,4-12H2,1-3H3. The second-order valence-electron chi connectivity index (χ2n) is 5.78. The van der Waals surface area contributed by atoms with E-state index in [9.17, 15) is 0 Å². The molecule has 15 heavy (non-hydrogen) atoms. The maximum absolute atomic E-state index is 2.44. The first-order valence-corrected chi connectivity index (χ1v) is 7.26. The molecule has 0 amide bonds. The first-order chi connectivity index (χ1) is 7.26. The van der Waals surface area contributed by atoms with Crippen molar-refractivity contribution in [1.82, 2.24) is 0 Å². The molecule has 1 saturated carbocycles. The Labute approximate surface area is 96.8 Å². The predicted molar refractivity (Wildman–Crippen MR) is 69.0 cm³/mol. The molecule has 1 aliphatic carbocycles. The monoisotopic (exact) mass is 210 g/mol. The average Bonchev–Trinajstić information content (AvgIpc) is 2.43. The van der Waals surface area contributed by atoms with E-state index >= 15 is 0 Å². The van der Waals surface area contributed by atoms with Crippen molar-refractivity contribution in [3.8, 4) is 0 Å². The van der Waals surface area contributed by atoms with E-state index in [1.165, 1.54) is 57.8 Å². The molecule has 0 heteroatoms. The van der Waals surface area contributed by atoms with E-state index in [2.05, 4.69) is 20.8 Å². The lowest BCUT2D eigenvalue weighted by atomic mass is 9.85. The third-order valence-corrected chi connectivity index (χ3v) is 4.32. The Morgan fingerprint density at radius 1 is 1.07 bits per heavy atom. The fourth-order valence-electron chi connectivity index (χ4n) is 3.17. The molecule has 0 nitrogen and oxygen atoms in total. The molecule has 1 rings (SSSR count). The van der Waals surface area contributed by atoms with Gasteiger partial charge in [-0.3, -0.25) is 0 Å². The highest BCUT2D eigenvalue weighted by Gasteiger charge is 2.18. The summed E-state index contributed by atoms with van der Waals surface area (Å²) < 4.78 is 0. The Bertz CT molecular complexity index is 150. The van der Waals surface area contributed by atoms with Gasteiger partial charge in [0, 0.05) is 0 Å². The highest BCUT2D eigenvalue weighted by molar-refractivity contribution is 4.71. The van der Waals surface area contributed by atoms with Gasteiger partial charge in [-0.05, 0) is 24.2 Å². The average molecular weight is 210 g/mol. The van der Waals surface area contributed by atoms with Gasteiger partial charge in [0.25, 0.3) is 0 Å². The molecule has 0 aromatic carbocycles. The molecule has 0 bridgehead atoms. The molecule has 0 heterocycles. The molecule has 3 atom stereocenters. The van der Waals surface area contributed by atoms with E-state index in [0.717, 1.165) is 17.8 Å². The van der Waals surface area contributed by atoms with Crippen LogP contribution in [-0.2, 0) is 0 Å². The molecule has 0 N–H and O–H groups in total. The van der Waals surface area contributed by atoms with Gasteiger partial charge in [0.15, 0.2) is 0 Å². The van der Waals surface area contributed by atoms with Crippen LogP contribution in [0, 0.1) is 17.8 Å². The minimum absolute atomic E-state index is 1.00. The summed E-state index contributed by atoms with van der Waals surface area (Å²) in [5.41, 5.74) is 0. The topological polar surface area (TPSA) is 0 Å². The van der Waals surface area contributed by atoms with Crippen molar-refractivity contribution in [2.24, 2.45) is 17.8 Å². The Kier molecular flexibility index (Phi) is 6.36. The van der Waals surface area contributed by atoms with E-state index in [-0.39, 0.29) is 0 Å². The van der Waals surface area contributed by atoms with E-state index in [1.54, 1.807) is 0 Å². The zero-order valence-corrected chi connectivity index (χ0v) is 11.1. The van der Waals surface area contributed by atoms with Crippen LogP contribution in [0.2, 0.25) is 0 Å². The fourth-order valence-corrected chi connectivity index (χ4v) is 3.17. The van der Waals surface area contributed by atoms with Gasteiger partial charge >= 0.3 is 0 Å². The van der Waals surface area contributed by atoms with Gasteiger partial charge in [-0.25, -0.2) is 0 Å². The zero-order chi connectivity index (χ0) is 11.1. The van der Waals surface area contributed by atoms with Gasteiger partial charge in [0.05, 0.1) is 0 Å². The normalized spacial score (nSPS) is 29.8. The summed E-state index contributed by atoms with van der Waals surface area (Å²) in [6.07, 6.45) is 13.3. The summed E-state index contributed by atoms with van der Waals surface area (Å²) in [5.74, 6) is 3.08. The lowest BCUT2D eigenvalue weighted by Crippen LogP contribution is -2.08. The van der Waals surface area contributed by atoms with Crippen LogP contribution in [0.3, 0.4) is 0 Å². The second kappa shape index (κ2) is 7.30. The molecule has 0 aromatic heterocycles. The van der Waals surface area contributed by atoms with E-state index in [0.29, 0.717) is 0 Å². The molecule has 0 spiro atoms. The molecular weight excluding hydrogens is 180 g/mol. The summed E-state index contributed by atoms with van der Waals surface area (Å²) in [7, 11) is 0. The molecule has 0 aromatic rings. The van der Waals surface area contributed by atoms with Crippen molar-refractivity contribution < 1.29 is 0 Å². The van der Waals surface area contributed by atoms with Crippen molar-refractivity contribution in [1.29, 1.82) is 0 Å². The third kappa shape index (κ3) is 5.04. The molecule has 0 radical (unpaired) electrons. The SMILES string of the molecule is CCCC(CC)CC1CCCC(C)CC1. The number of hydrogen-bond donors (Lipinski definition) is 0. The quantitative estimate of drug-likeness (QED) is 0.532. The molecule has 1 aliphatic rings. The van der Waals surface area contributed by atoms with Crippen LogP contribution < -0.4 is 0 Å². The Morgan fingerprint density at radius 3 is 2.53 bits per heavy atom. The van der Waals surface area contributed by atoms with Crippen molar-refractivity contribution in [3.05, 3.63) is 0 Å². The molecule has 0 aliphatic heterocycles. The summed E-state index contributed by atoms with van der Waals surface area (Å²) in [6, 6.07) is 0. The van der Waals surface area contributed by atoms with Gasteiger partial charge in [-0.1, -0.05) is 72.1 Å². The van der Waals surface area contributed by atoms with Crippen LogP contribution in [-0.4, -0.2) is 0 Å². The van der Waals surface area contributed by atoms with E-state index in [1.807, 2.05) is 0 Å². The summed E-state index contributed by atoms with van der Waals surface area (Å²) >= 11 is 0. The summed E-state index contributed by atoms with van der Waals surface area (Å²) in [5, 5.41) is 0. The molecule has 1 fully saturated rings. The van der Waals surface area contributed by atoms with Gasteiger partial charge in [-0.15, -0.1) is 0 Å². The Hall–Kier alpha value is 0. The van der Waals surface area contributed by atoms with Crippen LogP contribution >= 0.6 is 0 Å². The van der Waals surface area contributed by atoms with Crippen LogP contribution in [0.5, 0.6) is 0 Å². The van der Waals surface area contributed by atoms with Crippen LogP contribution in [0.4, 0.5) is 0 Å². The van der Waals surface area contributed by atoms with E-state index in [4.69, 9.17) is 0 Å². The fraction of sp³-hybridized carbons (Fsp3) is 1.00. The van der Waals surface area contributed by atoms with Gasteiger partial charge in [0.1, 0.15) is 0 Å². The van der Waals surface area contributed by atoms with Crippen molar-refractivity contribution in [2.45, 2.75) is 78.6 Å². The largest absolute Gasteiger partial charge is 0.0654 e. The minimum atomic E-state index is 1.00. The zero-order valence-electron chi connectivity index (χ0n) is 11.1. The molecule has 3 unspecified atom stereocenters. The van der Waals surface area contributed by atoms with Crippen molar-refractivity contribution >= 4 is 0 Å². The molecule has 0 saturated heterocycles. The maximum Gasteiger partial charge on any atom is -0.0412 e. The lowest BCUT2D eigenvalue weighted by Gasteiger charge is -2.21. The van der Waals surface area contributed by atoms with Gasteiger partial charge < -0.3 is 0 Å². The smallest absolute Gasteiger partial charge is 0.0412 e. The molecular formula is C15H30. The molecule has 90 valence electrons. The third-order valence-electron chi connectivity index (χ3n) is 4.32. The van der Waals surface area contributed by atoms with E-state index < -0.39 is 0 Å². The lowest BCUT2D eigenvalue weighted by molar-refractivity contribution is 0.314. The van der Waals surface area contributed by atoms with Crippen LogP contribution in [0.25, 0.3) is 0 Å².